The molecule has 0 aliphatic carbocycles. The summed E-state index contributed by atoms with van der Waals surface area (Å²) in [6, 6.07) is 14.8. The summed E-state index contributed by atoms with van der Waals surface area (Å²) in [5.74, 6) is -0.185. The highest BCUT2D eigenvalue weighted by atomic mass is 32.2. The van der Waals surface area contributed by atoms with Crippen LogP contribution < -0.4 is 10.0 Å². The molecule has 0 atom stereocenters. The van der Waals surface area contributed by atoms with Gasteiger partial charge in [-0.2, -0.15) is 0 Å². The normalized spacial score (nSPS) is 10.8. The fraction of sp³-hybridized carbons (Fsp3) is 0.118. The largest absolute Gasteiger partial charge is 0.326 e. The maximum absolute atomic E-state index is 12.4. The zero-order valence-corrected chi connectivity index (χ0v) is 13.3. The maximum atomic E-state index is 12.4. The molecule has 0 spiro atoms. The Hall–Kier alpha value is -2.60. The van der Waals surface area contributed by atoms with E-state index in [1.54, 1.807) is 48.5 Å². The second-order valence-electron chi connectivity index (χ2n) is 4.87. The van der Waals surface area contributed by atoms with Gasteiger partial charge in [-0.15, -0.1) is 6.58 Å². The summed E-state index contributed by atoms with van der Waals surface area (Å²) in [6.45, 7) is 3.56. The van der Waals surface area contributed by atoms with Crippen molar-refractivity contribution < 1.29 is 13.2 Å². The highest BCUT2D eigenvalue weighted by Crippen LogP contribution is 2.19. The lowest BCUT2D eigenvalue weighted by atomic mass is 10.2. The van der Waals surface area contributed by atoms with Crippen LogP contribution in [0.3, 0.4) is 0 Å². The Balaban J connectivity index is 2.15. The molecule has 5 nitrogen and oxygen atoms in total. The molecule has 0 fully saturated rings. The summed E-state index contributed by atoms with van der Waals surface area (Å²) >= 11 is 0. The van der Waals surface area contributed by atoms with Crippen molar-refractivity contribution in [2.75, 3.05) is 10.0 Å². The van der Waals surface area contributed by atoms with Crippen LogP contribution in [0, 0.1) is 0 Å². The zero-order valence-electron chi connectivity index (χ0n) is 12.5. The van der Waals surface area contributed by atoms with Crippen molar-refractivity contribution in [3.8, 4) is 0 Å². The average molecular weight is 330 g/mol. The van der Waals surface area contributed by atoms with Crippen molar-refractivity contribution in [2.24, 2.45) is 0 Å². The second-order valence-corrected chi connectivity index (χ2v) is 6.56. The van der Waals surface area contributed by atoms with Gasteiger partial charge in [0.15, 0.2) is 0 Å². The van der Waals surface area contributed by atoms with Crippen molar-refractivity contribution in [3.63, 3.8) is 0 Å². The molecular formula is C17H18N2O3S. The van der Waals surface area contributed by atoms with E-state index >= 15 is 0 Å². The van der Waals surface area contributed by atoms with Crippen LogP contribution in [-0.4, -0.2) is 14.3 Å². The summed E-state index contributed by atoms with van der Waals surface area (Å²) < 4.78 is 27.2. The predicted molar refractivity (Wildman–Crippen MR) is 91.8 cm³/mol. The first-order valence-electron chi connectivity index (χ1n) is 7.10. The lowest BCUT2D eigenvalue weighted by Gasteiger charge is -2.10. The van der Waals surface area contributed by atoms with E-state index < -0.39 is 10.0 Å². The summed E-state index contributed by atoms with van der Waals surface area (Å²) in [5.41, 5.74) is 0.919. The third-order valence-corrected chi connectivity index (χ3v) is 4.41. The van der Waals surface area contributed by atoms with Gasteiger partial charge in [0, 0.05) is 17.8 Å². The summed E-state index contributed by atoms with van der Waals surface area (Å²) in [7, 11) is -3.71. The molecule has 2 aromatic rings. The van der Waals surface area contributed by atoms with Crippen LogP contribution >= 0.6 is 0 Å². The smallest absolute Gasteiger partial charge is 0.261 e. The first kappa shape index (κ1) is 16.8. The van der Waals surface area contributed by atoms with E-state index in [1.807, 2.05) is 0 Å². The molecule has 0 aromatic heterocycles. The van der Waals surface area contributed by atoms with Crippen molar-refractivity contribution in [2.45, 2.75) is 17.7 Å². The van der Waals surface area contributed by atoms with Crippen LogP contribution in [-0.2, 0) is 14.8 Å². The van der Waals surface area contributed by atoms with Crippen molar-refractivity contribution in [3.05, 3.63) is 67.3 Å². The minimum Gasteiger partial charge on any atom is -0.326 e. The number of para-hydroxylation sites is 1. The van der Waals surface area contributed by atoms with Gasteiger partial charge in [-0.3, -0.25) is 9.52 Å². The first-order valence-corrected chi connectivity index (χ1v) is 8.58. The molecule has 2 N–H and O–H groups in total. The monoisotopic (exact) mass is 330 g/mol. The highest BCUT2D eigenvalue weighted by Gasteiger charge is 2.15. The van der Waals surface area contributed by atoms with E-state index in [4.69, 9.17) is 0 Å². The van der Waals surface area contributed by atoms with Gasteiger partial charge in [0.25, 0.3) is 10.0 Å². The minimum atomic E-state index is -3.71. The molecular weight excluding hydrogens is 312 g/mol. The van der Waals surface area contributed by atoms with E-state index in [0.717, 1.165) is 0 Å². The van der Waals surface area contributed by atoms with E-state index in [2.05, 4.69) is 16.6 Å². The molecule has 0 bridgehead atoms. The molecule has 0 saturated carbocycles. The number of hydrogen-bond acceptors (Lipinski definition) is 3. The SMILES string of the molecule is C=CCCC(=O)Nc1cccc(S(=O)(=O)Nc2ccccc2)c1. The molecule has 0 heterocycles. The van der Waals surface area contributed by atoms with Crippen molar-refractivity contribution in [1.82, 2.24) is 0 Å². The Morgan fingerprint density at radius 3 is 2.43 bits per heavy atom. The van der Waals surface area contributed by atoms with Gasteiger partial charge in [-0.05, 0) is 36.8 Å². The molecule has 0 aliphatic rings. The highest BCUT2D eigenvalue weighted by molar-refractivity contribution is 7.92. The van der Waals surface area contributed by atoms with Crippen molar-refractivity contribution in [1.29, 1.82) is 0 Å². The van der Waals surface area contributed by atoms with Gasteiger partial charge in [-0.25, -0.2) is 8.42 Å². The molecule has 0 unspecified atom stereocenters. The Labute approximate surface area is 136 Å². The van der Waals surface area contributed by atoms with E-state index in [9.17, 15) is 13.2 Å². The first-order chi connectivity index (χ1) is 11.0. The number of allylic oxidation sites excluding steroid dienone is 1. The number of rotatable bonds is 7. The number of carbonyl (C=O) groups is 1. The quantitative estimate of drug-likeness (QED) is 0.764. The maximum Gasteiger partial charge on any atom is 0.261 e. The molecule has 2 aromatic carbocycles. The number of benzene rings is 2. The third kappa shape index (κ3) is 4.96. The minimum absolute atomic E-state index is 0.0860. The molecule has 120 valence electrons. The van der Waals surface area contributed by atoms with Crippen molar-refractivity contribution >= 4 is 27.3 Å². The van der Waals surface area contributed by atoms with Crippen LogP contribution in [0.2, 0.25) is 0 Å². The standard InChI is InChI=1S/C17H18N2O3S/c1-2-3-12-17(20)18-15-10-7-11-16(13-15)23(21,22)19-14-8-5-4-6-9-14/h2,4-11,13,19H,1,3,12H2,(H,18,20). The van der Waals surface area contributed by atoms with Gasteiger partial charge < -0.3 is 5.32 Å². The zero-order chi connectivity index (χ0) is 16.7. The van der Waals surface area contributed by atoms with E-state index in [1.165, 1.54) is 12.1 Å². The van der Waals surface area contributed by atoms with Gasteiger partial charge in [-0.1, -0.05) is 30.3 Å². The number of sulfonamides is 1. The summed E-state index contributed by atoms with van der Waals surface area (Å²) in [4.78, 5) is 11.8. The average Bonchev–Trinajstić information content (AvgIpc) is 2.54. The van der Waals surface area contributed by atoms with E-state index in [-0.39, 0.29) is 10.8 Å². The number of nitrogens with one attached hydrogen (secondary N) is 2. The molecule has 2 rings (SSSR count). The Morgan fingerprint density at radius 1 is 1.04 bits per heavy atom. The fourth-order valence-electron chi connectivity index (χ4n) is 1.92. The number of amides is 1. The molecule has 23 heavy (non-hydrogen) atoms. The number of hydrogen-bond donors (Lipinski definition) is 2. The fourth-order valence-corrected chi connectivity index (χ4v) is 3.02. The van der Waals surface area contributed by atoms with E-state index in [0.29, 0.717) is 24.2 Å². The van der Waals surface area contributed by atoms with Gasteiger partial charge >= 0.3 is 0 Å². The number of carbonyl (C=O) groups excluding carboxylic acids is 1. The van der Waals surface area contributed by atoms with Gasteiger partial charge in [0.2, 0.25) is 5.91 Å². The summed E-state index contributed by atoms with van der Waals surface area (Å²) in [5, 5.41) is 2.67. The predicted octanol–water partition coefficient (Wildman–Crippen LogP) is 3.39. The third-order valence-electron chi connectivity index (χ3n) is 3.03. The second kappa shape index (κ2) is 7.60. The van der Waals surface area contributed by atoms with Crippen LogP contribution in [0.1, 0.15) is 12.8 Å². The molecule has 0 aliphatic heterocycles. The Morgan fingerprint density at radius 2 is 1.74 bits per heavy atom. The van der Waals surface area contributed by atoms with Crippen LogP contribution in [0.5, 0.6) is 0 Å². The van der Waals surface area contributed by atoms with Crippen LogP contribution in [0.4, 0.5) is 11.4 Å². The molecule has 1 amide bonds. The Bertz CT molecular complexity index is 786. The molecule has 0 radical (unpaired) electrons. The Kier molecular flexibility index (Phi) is 5.54. The summed E-state index contributed by atoms with van der Waals surface area (Å²) in [6.07, 6.45) is 2.53. The van der Waals surface area contributed by atoms with Crippen LogP contribution in [0.25, 0.3) is 0 Å². The topological polar surface area (TPSA) is 75.3 Å². The lowest BCUT2D eigenvalue weighted by Crippen LogP contribution is -2.14. The van der Waals surface area contributed by atoms with Gasteiger partial charge in [0.05, 0.1) is 4.90 Å². The lowest BCUT2D eigenvalue weighted by molar-refractivity contribution is -0.116. The number of anilines is 2. The molecule has 0 saturated heterocycles. The van der Waals surface area contributed by atoms with Crippen LogP contribution in [0.15, 0.2) is 72.1 Å². The van der Waals surface area contributed by atoms with Gasteiger partial charge in [0.1, 0.15) is 0 Å². The molecule has 6 heteroatoms.